The topological polar surface area (TPSA) is 57.3 Å². The van der Waals surface area contributed by atoms with Crippen molar-refractivity contribution in [1.29, 1.82) is 0 Å². The zero-order valence-corrected chi connectivity index (χ0v) is 17.9. The van der Waals surface area contributed by atoms with E-state index in [-0.39, 0.29) is 18.0 Å². The van der Waals surface area contributed by atoms with Gasteiger partial charge in [-0.15, -0.1) is 11.3 Å². The fourth-order valence-electron chi connectivity index (χ4n) is 3.56. The molecule has 1 aliphatic heterocycles. The van der Waals surface area contributed by atoms with E-state index in [0.717, 1.165) is 22.6 Å². The number of pyridine rings is 1. The summed E-state index contributed by atoms with van der Waals surface area (Å²) in [7, 11) is 0. The first-order valence-electron chi connectivity index (χ1n) is 9.53. The number of nitrogens with zero attached hydrogens (tertiary/aromatic N) is 2. The highest BCUT2D eigenvalue weighted by atomic mass is 32.1. The van der Waals surface area contributed by atoms with Gasteiger partial charge in [-0.2, -0.15) is 0 Å². The number of rotatable bonds is 5. The van der Waals surface area contributed by atoms with Crippen molar-refractivity contribution in [2.75, 3.05) is 10.2 Å². The molecule has 0 bridgehead atoms. The van der Waals surface area contributed by atoms with Gasteiger partial charge in [0.2, 0.25) is 5.91 Å². The Morgan fingerprint density at radius 3 is 2.79 bits per heavy atom. The molecule has 29 heavy (non-hydrogen) atoms. The van der Waals surface area contributed by atoms with E-state index in [1.807, 2.05) is 50.4 Å². The van der Waals surface area contributed by atoms with E-state index < -0.39 is 0 Å². The van der Waals surface area contributed by atoms with Crippen LogP contribution in [0.15, 0.2) is 60.1 Å². The Hall–Kier alpha value is -2.77. The van der Waals surface area contributed by atoms with Gasteiger partial charge < -0.3 is 15.5 Å². The Kier molecular flexibility index (Phi) is 5.60. The van der Waals surface area contributed by atoms with Crippen molar-refractivity contribution in [1.82, 2.24) is 10.3 Å². The number of nitrogens with one attached hydrogen (secondary N) is 2. The van der Waals surface area contributed by atoms with Crippen LogP contribution >= 0.6 is 23.6 Å². The zero-order valence-electron chi connectivity index (χ0n) is 16.3. The maximum absolute atomic E-state index is 11.8. The van der Waals surface area contributed by atoms with Gasteiger partial charge in [-0.1, -0.05) is 19.1 Å². The van der Waals surface area contributed by atoms with Gasteiger partial charge in [0.05, 0.1) is 17.8 Å². The van der Waals surface area contributed by atoms with E-state index in [1.54, 1.807) is 11.3 Å². The van der Waals surface area contributed by atoms with Crippen LogP contribution in [0, 0.1) is 6.92 Å². The number of aromatic nitrogens is 1. The lowest BCUT2D eigenvalue weighted by atomic mass is 10.0. The zero-order chi connectivity index (χ0) is 20.4. The van der Waals surface area contributed by atoms with Crippen LogP contribution in [0.3, 0.4) is 0 Å². The van der Waals surface area contributed by atoms with Crippen molar-refractivity contribution >= 4 is 45.9 Å². The minimum Gasteiger partial charge on any atom is -0.351 e. The molecule has 2 aromatic heterocycles. The normalized spacial score (nSPS) is 18.6. The number of carbonyl (C=O) groups excluding carboxylic acids is 1. The highest BCUT2D eigenvalue weighted by Gasteiger charge is 2.41. The summed E-state index contributed by atoms with van der Waals surface area (Å²) < 4.78 is 0. The average molecular weight is 423 g/mol. The molecule has 7 heteroatoms. The SMILES string of the molecule is CCC(=O)Nc1ccc(N2C(=S)N[C@H](c3ccccn3)[C@@H]2c2cccs2)cc1C. The summed E-state index contributed by atoms with van der Waals surface area (Å²) in [6.45, 7) is 3.84. The molecule has 3 heterocycles. The monoisotopic (exact) mass is 422 g/mol. The lowest BCUT2D eigenvalue weighted by Gasteiger charge is -2.27. The Labute approximate surface area is 179 Å². The van der Waals surface area contributed by atoms with Crippen LogP contribution < -0.4 is 15.5 Å². The van der Waals surface area contributed by atoms with E-state index >= 15 is 0 Å². The Morgan fingerprint density at radius 2 is 2.14 bits per heavy atom. The highest BCUT2D eigenvalue weighted by molar-refractivity contribution is 7.80. The fraction of sp³-hybridized carbons (Fsp3) is 0.227. The van der Waals surface area contributed by atoms with Crippen LogP contribution in [0.4, 0.5) is 11.4 Å². The van der Waals surface area contributed by atoms with Crippen molar-refractivity contribution in [3.8, 4) is 0 Å². The third kappa shape index (κ3) is 3.88. The summed E-state index contributed by atoms with van der Waals surface area (Å²) in [5, 5.41) is 9.17. The molecule has 4 rings (SSSR count). The molecule has 0 aliphatic carbocycles. The molecule has 0 radical (unpaired) electrons. The number of thiocarbonyl (C=S) groups is 1. The van der Waals surface area contributed by atoms with E-state index in [4.69, 9.17) is 12.2 Å². The first-order chi connectivity index (χ1) is 14.1. The molecule has 2 atom stereocenters. The second kappa shape index (κ2) is 8.31. The second-order valence-electron chi connectivity index (χ2n) is 6.91. The highest BCUT2D eigenvalue weighted by Crippen LogP contribution is 2.43. The van der Waals surface area contributed by atoms with Crippen molar-refractivity contribution < 1.29 is 4.79 Å². The molecule has 0 saturated carbocycles. The van der Waals surface area contributed by atoms with Crippen molar-refractivity contribution in [3.63, 3.8) is 0 Å². The average Bonchev–Trinajstić information content (AvgIpc) is 3.37. The van der Waals surface area contributed by atoms with E-state index in [2.05, 4.69) is 44.1 Å². The number of amides is 1. The third-order valence-electron chi connectivity index (χ3n) is 5.02. The van der Waals surface area contributed by atoms with Gasteiger partial charge in [-0.25, -0.2) is 0 Å². The lowest BCUT2D eigenvalue weighted by Crippen LogP contribution is -2.29. The van der Waals surface area contributed by atoms with Gasteiger partial charge in [0.1, 0.15) is 0 Å². The molecule has 3 aromatic rings. The fourth-order valence-corrected chi connectivity index (χ4v) is 4.76. The quantitative estimate of drug-likeness (QED) is 0.568. The summed E-state index contributed by atoms with van der Waals surface area (Å²) in [6.07, 6.45) is 2.26. The standard InChI is InChI=1S/C22H22N4OS2/c1-3-19(27)24-16-10-9-15(13-14(16)2)26-21(18-8-6-12-29-18)20(25-22(26)28)17-7-4-5-11-23-17/h4-13,20-21H,3H2,1-2H3,(H,24,27)(H,25,28)/t20-,21+/m1/s1. The molecular weight excluding hydrogens is 400 g/mol. The Bertz CT molecular complexity index is 1020. The van der Waals surface area contributed by atoms with Gasteiger partial charge >= 0.3 is 0 Å². The van der Waals surface area contributed by atoms with E-state index in [1.165, 1.54) is 4.88 Å². The summed E-state index contributed by atoms with van der Waals surface area (Å²) in [6, 6.07) is 16.1. The number of hydrogen-bond donors (Lipinski definition) is 2. The first-order valence-corrected chi connectivity index (χ1v) is 10.8. The first kappa shape index (κ1) is 19.5. The van der Waals surface area contributed by atoms with Crippen molar-refractivity contribution in [2.45, 2.75) is 32.4 Å². The molecule has 2 N–H and O–H groups in total. The minimum atomic E-state index is -0.0397. The lowest BCUT2D eigenvalue weighted by molar-refractivity contribution is -0.115. The van der Waals surface area contributed by atoms with Gasteiger partial charge in [-0.05, 0) is 66.5 Å². The van der Waals surface area contributed by atoms with Gasteiger partial charge in [-0.3, -0.25) is 9.78 Å². The minimum absolute atomic E-state index is 0.00545. The van der Waals surface area contributed by atoms with Crippen LogP contribution in [0.1, 0.15) is 41.6 Å². The molecule has 1 saturated heterocycles. The van der Waals surface area contributed by atoms with Crippen LogP contribution in [0.5, 0.6) is 0 Å². The van der Waals surface area contributed by atoms with Gasteiger partial charge in [0.25, 0.3) is 0 Å². The molecule has 1 aliphatic rings. The molecular formula is C22H22N4OS2. The summed E-state index contributed by atoms with van der Waals surface area (Å²) in [4.78, 5) is 19.7. The number of thiophene rings is 1. The number of anilines is 2. The molecule has 1 amide bonds. The Balaban J connectivity index is 1.73. The number of hydrogen-bond acceptors (Lipinski definition) is 4. The molecule has 5 nitrogen and oxygen atoms in total. The van der Waals surface area contributed by atoms with E-state index in [9.17, 15) is 4.79 Å². The van der Waals surface area contributed by atoms with E-state index in [0.29, 0.717) is 11.5 Å². The number of carbonyl (C=O) groups is 1. The summed E-state index contributed by atoms with van der Waals surface area (Å²) in [5.41, 5.74) is 3.77. The molecule has 1 aromatic carbocycles. The molecule has 1 fully saturated rings. The second-order valence-corrected chi connectivity index (χ2v) is 8.28. The van der Waals surface area contributed by atoms with Crippen LogP contribution in [-0.4, -0.2) is 16.0 Å². The predicted octanol–water partition coefficient (Wildman–Crippen LogP) is 4.98. The van der Waals surface area contributed by atoms with Crippen LogP contribution in [0.2, 0.25) is 0 Å². The maximum Gasteiger partial charge on any atom is 0.224 e. The van der Waals surface area contributed by atoms with Crippen LogP contribution in [0.25, 0.3) is 0 Å². The van der Waals surface area contributed by atoms with Crippen LogP contribution in [-0.2, 0) is 4.79 Å². The van der Waals surface area contributed by atoms with Crippen molar-refractivity contribution in [2.24, 2.45) is 0 Å². The largest absolute Gasteiger partial charge is 0.351 e. The molecule has 148 valence electrons. The smallest absolute Gasteiger partial charge is 0.224 e. The summed E-state index contributed by atoms with van der Waals surface area (Å²) in [5.74, 6) is 0.00545. The number of aryl methyl sites for hydroxylation is 1. The van der Waals surface area contributed by atoms with Crippen molar-refractivity contribution in [3.05, 3.63) is 76.2 Å². The van der Waals surface area contributed by atoms with Gasteiger partial charge in [0, 0.05) is 28.9 Å². The molecule has 0 spiro atoms. The maximum atomic E-state index is 11.8. The van der Waals surface area contributed by atoms with Gasteiger partial charge in [0.15, 0.2) is 5.11 Å². The number of benzene rings is 1. The molecule has 0 unspecified atom stereocenters. The Morgan fingerprint density at radius 1 is 1.28 bits per heavy atom. The predicted molar refractivity (Wildman–Crippen MR) is 122 cm³/mol. The summed E-state index contributed by atoms with van der Waals surface area (Å²) >= 11 is 7.45. The third-order valence-corrected chi connectivity index (χ3v) is 6.27.